The lowest BCUT2D eigenvalue weighted by molar-refractivity contribution is 0.413. The third kappa shape index (κ3) is 2.58. The van der Waals surface area contributed by atoms with E-state index in [1.54, 1.807) is 18.4 Å². The number of methoxy groups -OCH3 is 1. The van der Waals surface area contributed by atoms with E-state index in [0.29, 0.717) is 0 Å². The SMILES string of the molecule is COc1ccc(OC=CBr)cc1. The van der Waals surface area contributed by atoms with Crippen LogP contribution in [0.25, 0.3) is 0 Å². The normalized spacial score (nSPS) is 10.2. The van der Waals surface area contributed by atoms with Crippen molar-refractivity contribution in [1.29, 1.82) is 0 Å². The van der Waals surface area contributed by atoms with E-state index < -0.39 is 0 Å². The van der Waals surface area contributed by atoms with Gasteiger partial charge in [0.05, 0.1) is 13.4 Å². The largest absolute Gasteiger partial charge is 0.497 e. The van der Waals surface area contributed by atoms with Crippen LogP contribution >= 0.6 is 15.9 Å². The molecule has 0 amide bonds. The first-order valence-electron chi connectivity index (χ1n) is 3.43. The van der Waals surface area contributed by atoms with E-state index in [1.165, 1.54) is 0 Å². The second kappa shape index (κ2) is 4.83. The summed E-state index contributed by atoms with van der Waals surface area (Å²) in [5, 5.41) is 0. The van der Waals surface area contributed by atoms with Crippen LogP contribution in [-0.2, 0) is 0 Å². The third-order valence-electron chi connectivity index (χ3n) is 1.31. The van der Waals surface area contributed by atoms with Gasteiger partial charge in [-0.05, 0) is 24.3 Å². The van der Waals surface area contributed by atoms with E-state index in [-0.39, 0.29) is 0 Å². The Morgan fingerprint density at radius 3 is 2.25 bits per heavy atom. The highest BCUT2D eigenvalue weighted by atomic mass is 79.9. The number of ether oxygens (including phenoxy) is 2. The van der Waals surface area contributed by atoms with Crippen LogP contribution in [0.5, 0.6) is 11.5 Å². The van der Waals surface area contributed by atoms with E-state index in [2.05, 4.69) is 15.9 Å². The fourth-order valence-electron chi connectivity index (χ4n) is 0.759. The Morgan fingerprint density at radius 2 is 1.75 bits per heavy atom. The van der Waals surface area contributed by atoms with Crippen molar-refractivity contribution < 1.29 is 9.47 Å². The van der Waals surface area contributed by atoms with Crippen LogP contribution in [0.1, 0.15) is 0 Å². The number of benzene rings is 1. The molecule has 0 radical (unpaired) electrons. The Morgan fingerprint density at radius 1 is 1.17 bits per heavy atom. The third-order valence-corrected chi connectivity index (χ3v) is 1.53. The molecule has 0 aliphatic rings. The fourth-order valence-corrected chi connectivity index (χ4v) is 0.866. The Kier molecular flexibility index (Phi) is 3.67. The lowest BCUT2D eigenvalue weighted by Crippen LogP contribution is -1.83. The highest BCUT2D eigenvalue weighted by Gasteiger charge is 1.91. The first-order valence-corrected chi connectivity index (χ1v) is 4.34. The highest BCUT2D eigenvalue weighted by molar-refractivity contribution is 9.11. The molecule has 1 aromatic carbocycles. The van der Waals surface area contributed by atoms with Gasteiger partial charge < -0.3 is 9.47 Å². The number of halogens is 1. The topological polar surface area (TPSA) is 18.5 Å². The molecule has 0 aromatic heterocycles. The van der Waals surface area contributed by atoms with E-state index >= 15 is 0 Å². The van der Waals surface area contributed by atoms with Gasteiger partial charge >= 0.3 is 0 Å². The molecule has 0 aliphatic heterocycles. The molecule has 0 N–H and O–H groups in total. The molecule has 0 spiro atoms. The molecule has 2 nitrogen and oxygen atoms in total. The molecule has 3 heteroatoms. The lowest BCUT2D eigenvalue weighted by atomic mass is 10.3. The van der Waals surface area contributed by atoms with Crippen LogP contribution in [0.3, 0.4) is 0 Å². The molecule has 12 heavy (non-hydrogen) atoms. The van der Waals surface area contributed by atoms with Crippen LogP contribution in [0.4, 0.5) is 0 Å². The van der Waals surface area contributed by atoms with E-state index in [1.807, 2.05) is 24.3 Å². The van der Waals surface area contributed by atoms with Gasteiger partial charge in [0.25, 0.3) is 0 Å². The van der Waals surface area contributed by atoms with Crippen molar-refractivity contribution in [2.75, 3.05) is 7.11 Å². The average molecular weight is 229 g/mol. The monoisotopic (exact) mass is 228 g/mol. The first-order chi connectivity index (χ1) is 5.86. The van der Waals surface area contributed by atoms with Gasteiger partial charge in [0.1, 0.15) is 11.5 Å². The van der Waals surface area contributed by atoms with Gasteiger partial charge in [0, 0.05) is 4.99 Å². The molecule has 1 rings (SSSR count). The van der Waals surface area contributed by atoms with Crippen LogP contribution in [0, 0.1) is 0 Å². The maximum atomic E-state index is 5.17. The number of rotatable bonds is 3. The molecule has 0 heterocycles. The fraction of sp³-hybridized carbons (Fsp3) is 0.111. The lowest BCUT2D eigenvalue weighted by Gasteiger charge is -2.01. The number of hydrogen-bond donors (Lipinski definition) is 0. The van der Waals surface area contributed by atoms with E-state index in [4.69, 9.17) is 9.47 Å². The molecule has 0 unspecified atom stereocenters. The van der Waals surface area contributed by atoms with Gasteiger partial charge in [0.15, 0.2) is 0 Å². The van der Waals surface area contributed by atoms with Gasteiger partial charge in [0.2, 0.25) is 0 Å². The average Bonchev–Trinajstić information content (AvgIpc) is 2.15. The summed E-state index contributed by atoms with van der Waals surface area (Å²) < 4.78 is 10.2. The van der Waals surface area contributed by atoms with Crippen molar-refractivity contribution in [3.8, 4) is 11.5 Å². The predicted octanol–water partition coefficient (Wildman–Crippen LogP) is 2.94. The zero-order valence-corrected chi connectivity index (χ0v) is 8.24. The quantitative estimate of drug-likeness (QED) is 0.742. The van der Waals surface area contributed by atoms with E-state index in [9.17, 15) is 0 Å². The molecule has 1 aromatic rings. The summed E-state index contributed by atoms with van der Waals surface area (Å²) in [6.45, 7) is 0. The van der Waals surface area contributed by atoms with Crippen LogP contribution in [-0.4, -0.2) is 7.11 Å². The minimum absolute atomic E-state index is 0.784. The van der Waals surface area contributed by atoms with Crippen molar-refractivity contribution in [1.82, 2.24) is 0 Å². The minimum Gasteiger partial charge on any atom is -0.497 e. The van der Waals surface area contributed by atoms with Gasteiger partial charge in [-0.15, -0.1) is 0 Å². The molecular formula is C9H9BrO2. The zero-order valence-electron chi connectivity index (χ0n) is 6.66. The Balaban J connectivity index is 2.64. The molecule has 64 valence electrons. The standard InChI is InChI=1S/C9H9BrO2/c1-11-8-2-4-9(5-3-8)12-7-6-10/h2-7H,1H3. The molecule has 0 saturated heterocycles. The molecule has 0 aliphatic carbocycles. The molecule has 0 bridgehead atoms. The zero-order chi connectivity index (χ0) is 8.81. The summed E-state index contributed by atoms with van der Waals surface area (Å²) in [5.41, 5.74) is 0. The number of hydrogen-bond acceptors (Lipinski definition) is 2. The Labute approximate surface area is 79.9 Å². The summed E-state index contributed by atoms with van der Waals surface area (Å²) in [6.07, 6.45) is 1.56. The summed E-state index contributed by atoms with van der Waals surface area (Å²) in [4.78, 5) is 1.65. The summed E-state index contributed by atoms with van der Waals surface area (Å²) >= 11 is 3.10. The molecule has 0 saturated carbocycles. The van der Waals surface area contributed by atoms with Crippen molar-refractivity contribution in [2.45, 2.75) is 0 Å². The van der Waals surface area contributed by atoms with Crippen molar-refractivity contribution >= 4 is 15.9 Å². The van der Waals surface area contributed by atoms with Crippen molar-refractivity contribution in [3.63, 3.8) is 0 Å². The Hall–Kier alpha value is -0.960. The first kappa shape index (κ1) is 9.13. The second-order valence-corrected chi connectivity index (χ2v) is 2.58. The maximum Gasteiger partial charge on any atom is 0.126 e. The maximum absolute atomic E-state index is 5.17. The summed E-state index contributed by atoms with van der Waals surface area (Å²) in [7, 11) is 1.63. The van der Waals surface area contributed by atoms with Gasteiger partial charge in [-0.2, -0.15) is 0 Å². The van der Waals surface area contributed by atoms with Crippen LogP contribution < -0.4 is 9.47 Å². The summed E-state index contributed by atoms with van der Waals surface area (Å²) in [5.74, 6) is 1.61. The Bertz CT molecular complexity index is 254. The molecule has 0 atom stereocenters. The van der Waals surface area contributed by atoms with Crippen LogP contribution in [0.2, 0.25) is 0 Å². The minimum atomic E-state index is 0.784. The smallest absolute Gasteiger partial charge is 0.126 e. The second-order valence-electron chi connectivity index (χ2n) is 2.06. The molecule has 0 fully saturated rings. The highest BCUT2D eigenvalue weighted by Crippen LogP contribution is 2.16. The van der Waals surface area contributed by atoms with Crippen molar-refractivity contribution in [2.24, 2.45) is 0 Å². The van der Waals surface area contributed by atoms with Gasteiger partial charge in [-0.3, -0.25) is 0 Å². The molecular weight excluding hydrogens is 220 g/mol. The summed E-state index contributed by atoms with van der Waals surface area (Å²) in [6, 6.07) is 7.37. The van der Waals surface area contributed by atoms with Crippen LogP contribution in [0.15, 0.2) is 35.5 Å². The van der Waals surface area contributed by atoms with Crippen molar-refractivity contribution in [3.05, 3.63) is 35.5 Å². The van der Waals surface area contributed by atoms with Gasteiger partial charge in [-0.25, -0.2) is 0 Å². The predicted molar refractivity (Wildman–Crippen MR) is 51.7 cm³/mol. The van der Waals surface area contributed by atoms with Gasteiger partial charge in [-0.1, -0.05) is 15.9 Å². The van der Waals surface area contributed by atoms with E-state index in [0.717, 1.165) is 11.5 Å².